The number of nitrogens with one attached hydrogen (secondary N) is 3. The van der Waals surface area contributed by atoms with Crippen LogP contribution >= 0.6 is 0 Å². The molecule has 4 N–H and O–H groups in total. The lowest BCUT2D eigenvalue weighted by molar-refractivity contribution is 0.0952. The van der Waals surface area contributed by atoms with Crippen LogP contribution in [-0.2, 0) is 13.5 Å². The number of rotatable bonds is 8. The highest BCUT2D eigenvalue weighted by molar-refractivity contribution is 5.96. The number of amides is 1. The third-order valence-corrected chi connectivity index (χ3v) is 4.71. The summed E-state index contributed by atoms with van der Waals surface area (Å²) in [6.07, 6.45) is 0.847. The Morgan fingerprint density at radius 1 is 1.28 bits per heavy atom. The van der Waals surface area contributed by atoms with Crippen molar-refractivity contribution in [3.63, 3.8) is 0 Å². The van der Waals surface area contributed by atoms with Crippen LogP contribution in [0.4, 0.5) is 0 Å². The van der Waals surface area contributed by atoms with Crippen LogP contribution in [-0.4, -0.2) is 52.4 Å². The highest BCUT2D eigenvalue weighted by Gasteiger charge is 2.14. The van der Waals surface area contributed by atoms with Gasteiger partial charge in [0.05, 0.1) is 17.8 Å². The molecule has 29 heavy (non-hydrogen) atoms. The number of para-hydroxylation sites is 1. The average molecular weight is 401 g/mol. The van der Waals surface area contributed by atoms with Gasteiger partial charge in [-0.1, -0.05) is 12.1 Å². The van der Waals surface area contributed by atoms with Gasteiger partial charge in [-0.25, -0.2) is 0 Å². The molecule has 8 nitrogen and oxygen atoms in total. The normalized spacial score (nSPS) is 12.5. The van der Waals surface area contributed by atoms with Gasteiger partial charge in [0, 0.05) is 31.9 Å². The van der Waals surface area contributed by atoms with Crippen molar-refractivity contribution in [1.29, 1.82) is 0 Å². The zero-order valence-corrected chi connectivity index (χ0v) is 17.9. The molecule has 1 atom stereocenters. The summed E-state index contributed by atoms with van der Waals surface area (Å²) in [5, 5.41) is 23.6. The van der Waals surface area contributed by atoms with Gasteiger partial charge in [0.2, 0.25) is 0 Å². The Hall–Kier alpha value is -3.03. The van der Waals surface area contributed by atoms with E-state index >= 15 is 0 Å². The topological polar surface area (TPSA) is 104 Å². The Labute approximate surface area is 172 Å². The van der Waals surface area contributed by atoms with Crippen LogP contribution in [0, 0.1) is 13.8 Å². The van der Waals surface area contributed by atoms with Gasteiger partial charge in [-0.15, -0.1) is 0 Å². The molecule has 0 aliphatic carbocycles. The first-order valence-corrected chi connectivity index (χ1v) is 9.93. The van der Waals surface area contributed by atoms with E-state index in [1.165, 1.54) is 17.3 Å². The molecule has 1 unspecified atom stereocenters. The van der Waals surface area contributed by atoms with Gasteiger partial charge < -0.3 is 21.1 Å². The number of phenols is 1. The number of aromatic hydroxyl groups is 1. The predicted octanol–water partition coefficient (Wildman–Crippen LogP) is 1.66. The molecule has 0 spiro atoms. The number of benzene rings is 1. The molecule has 0 saturated carbocycles. The monoisotopic (exact) mass is 400 g/mol. The van der Waals surface area contributed by atoms with Crippen molar-refractivity contribution in [1.82, 2.24) is 25.7 Å². The van der Waals surface area contributed by atoms with Crippen molar-refractivity contribution in [3.05, 3.63) is 46.8 Å². The van der Waals surface area contributed by atoms with Gasteiger partial charge in [-0.2, -0.15) is 5.10 Å². The lowest BCUT2D eigenvalue weighted by Gasteiger charge is -2.18. The summed E-state index contributed by atoms with van der Waals surface area (Å²) in [5.41, 5.74) is 3.73. The molecule has 0 bridgehead atoms. The summed E-state index contributed by atoms with van der Waals surface area (Å²) in [4.78, 5) is 16.7. The number of aryl methyl sites for hydroxylation is 2. The minimum absolute atomic E-state index is 0.0293. The molecule has 2 rings (SSSR count). The molecule has 1 amide bonds. The second-order valence-corrected chi connectivity index (χ2v) is 7.06. The van der Waals surface area contributed by atoms with E-state index in [0.717, 1.165) is 18.7 Å². The van der Waals surface area contributed by atoms with E-state index in [-0.39, 0.29) is 23.3 Å². The molecular formula is C21H32N6O2. The first-order valence-electron chi connectivity index (χ1n) is 9.93. The van der Waals surface area contributed by atoms with Crippen molar-refractivity contribution in [2.24, 2.45) is 12.0 Å². The molecule has 158 valence electrons. The van der Waals surface area contributed by atoms with Gasteiger partial charge in [-0.3, -0.25) is 14.5 Å². The van der Waals surface area contributed by atoms with Crippen molar-refractivity contribution in [2.75, 3.05) is 19.6 Å². The number of carbonyl (C=O) groups excluding carboxylic acids is 1. The molecule has 2 aromatic rings. The van der Waals surface area contributed by atoms with Crippen molar-refractivity contribution in [3.8, 4) is 5.75 Å². The Balaban J connectivity index is 1.88. The quantitative estimate of drug-likeness (QED) is 0.307. The van der Waals surface area contributed by atoms with Crippen molar-refractivity contribution >= 4 is 11.9 Å². The van der Waals surface area contributed by atoms with E-state index in [9.17, 15) is 9.90 Å². The smallest absolute Gasteiger partial charge is 0.255 e. The number of phenolic OH excluding ortho intramolecular Hbond substituents is 1. The minimum atomic E-state index is -0.313. The third-order valence-electron chi connectivity index (χ3n) is 4.71. The molecule has 0 aliphatic heterocycles. The predicted molar refractivity (Wildman–Crippen MR) is 115 cm³/mol. The number of aromatic nitrogens is 2. The second-order valence-electron chi connectivity index (χ2n) is 7.06. The Morgan fingerprint density at radius 3 is 2.62 bits per heavy atom. The summed E-state index contributed by atoms with van der Waals surface area (Å²) in [5.74, 6) is 0.362. The van der Waals surface area contributed by atoms with Crippen LogP contribution in [0.1, 0.15) is 41.2 Å². The van der Waals surface area contributed by atoms with E-state index in [1.807, 2.05) is 25.6 Å². The van der Waals surface area contributed by atoms with E-state index in [1.54, 1.807) is 18.2 Å². The largest absolute Gasteiger partial charge is 0.507 e. The van der Waals surface area contributed by atoms with Crippen LogP contribution in [0.15, 0.2) is 29.3 Å². The fraction of sp³-hybridized carbons (Fsp3) is 0.476. The van der Waals surface area contributed by atoms with Crippen molar-refractivity contribution in [2.45, 2.75) is 40.2 Å². The maximum Gasteiger partial charge on any atom is 0.255 e. The molecule has 0 aliphatic rings. The lowest BCUT2D eigenvalue weighted by atomic mass is 10.1. The highest BCUT2D eigenvalue weighted by Crippen LogP contribution is 2.15. The minimum Gasteiger partial charge on any atom is -0.507 e. The number of nitrogens with zero attached hydrogens (tertiary/aromatic N) is 3. The highest BCUT2D eigenvalue weighted by atomic mass is 16.3. The average Bonchev–Trinajstić information content (AvgIpc) is 2.91. The van der Waals surface area contributed by atoms with E-state index in [4.69, 9.17) is 0 Å². The molecule has 1 heterocycles. The van der Waals surface area contributed by atoms with E-state index in [0.29, 0.717) is 19.0 Å². The van der Waals surface area contributed by atoms with E-state index < -0.39 is 0 Å². The zero-order valence-electron chi connectivity index (χ0n) is 17.9. The fourth-order valence-corrected chi connectivity index (χ4v) is 3.12. The van der Waals surface area contributed by atoms with Crippen LogP contribution in [0.2, 0.25) is 0 Å². The van der Waals surface area contributed by atoms with Gasteiger partial charge in [0.15, 0.2) is 5.96 Å². The molecule has 1 aromatic heterocycles. The molecule has 0 saturated heterocycles. The SMILES string of the molecule is CCNC(=NCCNC(=O)c1ccccc1O)NC(C)Cc1c(C)nn(C)c1C. The van der Waals surface area contributed by atoms with Gasteiger partial charge in [-0.05, 0) is 51.8 Å². The Kier molecular flexibility index (Phi) is 8.06. The molecule has 0 radical (unpaired) electrons. The van der Waals surface area contributed by atoms with Gasteiger partial charge in [0.1, 0.15) is 5.75 Å². The van der Waals surface area contributed by atoms with Crippen LogP contribution in [0.5, 0.6) is 5.75 Å². The van der Waals surface area contributed by atoms with Crippen molar-refractivity contribution < 1.29 is 9.90 Å². The maximum absolute atomic E-state index is 12.1. The first-order chi connectivity index (χ1) is 13.8. The number of aliphatic imine (C=N–C) groups is 1. The summed E-state index contributed by atoms with van der Waals surface area (Å²) in [7, 11) is 1.96. The fourth-order valence-electron chi connectivity index (χ4n) is 3.12. The Morgan fingerprint density at radius 2 is 2.00 bits per heavy atom. The summed E-state index contributed by atoms with van der Waals surface area (Å²) < 4.78 is 1.91. The number of hydrogen-bond acceptors (Lipinski definition) is 4. The van der Waals surface area contributed by atoms with Gasteiger partial charge in [0.25, 0.3) is 5.91 Å². The summed E-state index contributed by atoms with van der Waals surface area (Å²) >= 11 is 0. The van der Waals surface area contributed by atoms with Crippen LogP contribution in [0.25, 0.3) is 0 Å². The summed E-state index contributed by atoms with van der Waals surface area (Å²) in [6.45, 7) is 9.77. The molecule has 0 fully saturated rings. The van der Waals surface area contributed by atoms with Crippen LogP contribution < -0.4 is 16.0 Å². The second kappa shape index (κ2) is 10.5. The van der Waals surface area contributed by atoms with Gasteiger partial charge >= 0.3 is 0 Å². The molecular weight excluding hydrogens is 368 g/mol. The molecule has 1 aromatic carbocycles. The zero-order chi connectivity index (χ0) is 21.4. The molecule has 8 heteroatoms. The summed E-state index contributed by atoms with van der Waals surface area (Å²) in [6, 6.07) is 6.65. The van der Waals surface area contributed by atoms with Crippen LogP contribution in [0.3, 0.4) is 0 Å². The lowest BCUT2D eigenvalue weighted by Crippen LogP contribution is -2.43. The number of hydrogen-bond donors (Lipinski definition) is 4. The van der Waals surface area contributed by atoms with E-state index in [2.05, 4.69) is 39.9 Å². The standard InChI is InChI=1S/C21H32N6O2/c1-6-22-21(25-14(2)13-18-15(3)26-27(5)16(18)4)24-12-11-23-20(29)17-9-7-8-10-19(17)28/h7-10,14,28H,6,11-13H2,1-5H3,(H,23,29)(H2,22,24,25). The number of guanidine groups is 1. The first kappa shape index (κ1) is 22.3. The third kappa shape index (κ3) is 6.23. The Bertz CT molecular complexity index is 859. The maximum atomic E-state index is 12.1. The number of carbonyl (C=O) groups is 1.